The first-order valence-electron chi connectivity index (χ1n) is 3.97. The molecule has 1 heterocycles. The molecule has 0 fully saturated rings. The van der Waals surface area contributed by atoms with Gasteiger partial charge in [-0.2, -0.15) is 0 Å². The Bertz CT molecular complexity index is 424. The van der Waals surface area contributed by atoms with Gasteiger partial charge in [-0.05, 0) is 18.4 Å². The highest BCUT2D eigenvalue weighted by Gasteiger charge is 2.07. The summed E-state index contributed by atoms with van der Waals surface area (Å²) in [5, 5.41) is 0. The van der Waals surface area contributed by atoms with Crippen LogP contribution in [0.5, 0.6) is 0 Å². The molecule has 0 spiro atoms. The molecule has 0 saturated heterocycles. The summed E-state index contributed by atoms with van der Waals surface area (Å²) in [6, 6.07) is 5.91. The van der Waals surface area contributed by atoms with Gasteiger partial charge < -0.3 is 10.2 Å². The zero-order chi connectivity index (χ0) is 9.26. The summed E-state index contributed by atoms with van der Waals surface area (Å²) in [5.74, 6) is 0.594. The molecule has 13 heavy (non-hydrogen) atoms. The first kappa shape index (κ1) is 8.59. The fourth-order valence-corrected chi connectivity index (χ4v) is 1.76. The van der Waals surface area contributed by atoms with E-state index in [1.807, 2.05) is 24.5 Å². The maximum atomic E-state index is 5.48. The Hall–Kier alpha value is -1.00. The summed E-state index contributed by atoms with van der Waals surface area (Å²) in [4.78, 5) is 5.34. The Labute approximate surface area is 80.3 Å². The van der Waals surface area contributed by atoms with Gasteiger partial charge in [-0.15, -0.1) is 11.8 Å². The van der Waals surface area contributed by atoms with Crippen LogP contribution in [0, 0.1) is 0 Å². The van der Waals surface area contributed by atoms with E-state index >= 15 is 0 Å². The van der Waals surface area contributed by atoms with Gasteiger partial charge in [0.15, 0.2) is 5.58 Å². The minimum absolute atomic E-state index is 0.350. The van der Waals surface area contributed by atoms with Crippen molar-refractivity contribution in [2.45, 2.75) is 11.4 Å². The molecular formula is C9H10N2OS. The molecule has 0 radical (unpaired) electrons. The van der Waals surface area contributed by atoms with E-state index < -0.39 is 0 Å². The van der Waals surface area contributed by atoms with E-state index in [2.05, 4.69) is 4.98 Å². The Balaban J connectivity index is 2.67. The third-order valence-corrected chi connectivity index (χ3v) is 2.58. The monoisotopic (exact) mass is 194 g/mol. The highest BCUT2D eigenvalue weighted by atomic mass is 32.2. The maximum absolute atomic E-state index is 5.48. The van der Waals surface area contributed by atoms with Gasteiger partial charge in [0.25, 0.3) is 0 Å². The van der Waals surface area contributed by atoms with Gasteiger partial charge in [0.1, 0.15) is 5.52 Å². The summed E-state index contributed by atoms with van der Waals surface area (Å²) in [6.07, 6.45) is 2.01. The second-order valence-corrected chi connectivity index (χ2v) is 3.47. The third kappa shape index (κ3) is 1.43. The molecule has 2 aromatic rings. The molecule has 4 heteroatoms. The molecule has 1 aromatic heterocycles. The summed E-state index contributed by atoms with van der Waals surface area (Å²) in [5.41, 5.74) is 7.17. The van der Waals surface area contributed by atoms with Gasteiger partial charge in [-0.25, -0.2) is 4.98 Å². The van der Waals surface area contributed by atoms with E-state index in [9.17, 15) is 0 Å². The van der Waals surface area contributed by atoms with E-state index in [-0.39, 0.29) is 0 Å². The Morgan fingerprint density at radius 2 is 2.38 bits per heavy atom. The number of hydrogen-bond donors (Lipinski definition) is 1. The predicted octanol–water partition coefficient (Wildman–Crippen LogP) is 2.01. The first-order valence-corrected chi connectivity index (χ1v) is 5.20. The van der Waals surface area contributed by atoms with Crippen molar-refractivity contribution in [3.63, 3.8) is 0 Å². The minimum Gasteiger partial charge on any atom is -0.438 e. The maximum Gasteiger partial charge on any atom is 0.209 e. The van der Waals surface area contributed by atoms with E-state index in [4.69, 9.17) is 10.2 Å². The lowest BCUT2D eigenvalue weighted by molar-refractivity contribution is 0.528. The lowest BCUT2D eigenvalue weighted by Gasteiger charge is -1.93. The molecule has 0 bridgehead atoms. The molecule has 0 aliphatic heterocycles. The summed E-state index contributed by atoms with van der Waals surface area (Å²) in [7, 11) is 0. The van der Waals surface area contributed by atoms with Crippen LogP contribution in [0.25, 0.3) is 11.1 Å². The highest BCUT2D eigenvalue weighted by Crippen LogP contribution is 2.26. The van der Waals surface area contributed by atoms with Crippen LogP contribution in [0.15, 0.2) is 27.5 Å². The number of nitrogens with zero attached hydrogens (tertiary/aromatic N) is 1. The quantitative estimate of drug-likeness (QED) is 0.743. The number of benzene rings is 1. The molecule has 0 aliphatic carbocycles. The minimum atomic E-state index is 0.350. The van der Waals surface area contributed by atoms with Crippen LogP contribution in [0.3, 0.4) is 0 Å². The number of para-hydroxylation sites is 1. The fourth-order valence-electron chi connectivity index (χ4n) is 1.22. The van der Waals surface area contributed by atoms with Crippen molar-refractivity contribution in [3.8, 4) is 0 Å². The van der Waals surface area contributed by atoms with Gasteiger partial charge in [0.2, 0.25) is 5.89 Å². The smallest absolute Gasteiger partial charge is 0.209 e. The molecule has 0 unspecified atom stereocenters. The highest BCUT2D eigenvalue weighted by molar-refractivity contribution is 7.98. The predicted molar refractivity (Wildman–Crippen MR) is 53.7 cm³/mol. The number of fused-ring (bicyclic) bond motifs is 1. The van der Waals surface area contributed by atoms with Gasteiger partial charge in [-0.3, -0.25) is 0 Å². The van der Waals surface area contributed by atoms with Crippen molar-refractivity contribution < 1.29 is 4.42 Å². The molecule has 0 aliphatic rings. The van der Waals surface area contributed by atoms with Gasteiger partial charge in [0.05, 0.1) is 11.4 Å². The van der Waals surface area contributed by atoms with E-state index in [0.717, 1.165) is 16.0 Å². The molecule has 0 saturated carbocycles. The van der Waals surface area contributed by atoms with Crippen LogP contribution in [-0.4, -0.2) is 11.2 Å². The normalized spacial score (nSPS) is 10.9. The summed E-state index contributed by atoms with van der Waals surface area (Å²) < 4.78 is 5.48. The van der Waals surface area contributed by atoms with Crippen molar-refractivity contribution in [1.82, 2.24) is 4.98 Å². The van der Waals surface area contributed by atoms with Crippen molar-refractivity contribution in [3.05, 3.63) is 24.1 Å². The SMILES string of the molecule is CSc1cccc2nc(CN)oc12. The van der Waals surface area contributed by atoms with Crippen LogP contribution in [0.1, 0.15) is 5.89 Å². The topological polar surface area (TPSA) is 52.0 Å². The standard InChI is InChI=1S/C9H10N2OS/c1-13-7-4-2-3-6-9(7)12-8(5-10)11-6/h2-4H,5,10H2,1H3. The van der Waals surface area contributed by atoms with Gasteiger partial charge >= 0.3 is 0 Å². The van der Waals surface area contributed by atoms with Crippen LogP contribution in [0.2, 0.25) is 0 Å². The first-order chi connectivity index (χ1) is 6.35. The largest absolute Gasteiger partial charge is 0.438 e. The fraction of sp³-hybridized carbons (Fsp3) is 0.222. The Kier molecular flexibility index (Phi) is 2.24. The Morgan fingerprint density at radius 1 is 1.54 bits per heavy atom. The van der Waals surface area contributed by atoms with Crippen molar-refractivity contribution in [2.75, 3.05) is 6.26 Å². The lowest BCUT2D eigenvalue weighted by Crippen LogP contribution is -1.94. The average molecular weight is 194 g/mol. The average Bonchev–Trinajstić information content (AvgIpc) is 2.59. The van der Waals surface area contributed by atoms with Crippen LogP contribution < -0.4 is 5.73 Å². The molecule has 2 N–H and O–H groups in total. The molecular weight excluding hydrogens is 184 g/mol. The second kappa shape index (κ2) is 3.40. The van der Waals surface area contributed by atoms with Gasteiger partial charge in [0, 0.05) is 0 Å². The van der Waals surface area contributed by atoms with Gasteiger partial charge in [-0.1, -0.05) is 6.07 Å². The van der Waals surface area contributed by atoms with E-state index in [0.29, 0.717) is 12.4 Å². The molecule has 0 amide bonds. The zero-order valence-electron chi connectivity index (χ0n) is 7.28. The van der Waals surface area contributed by atoms with Crippen molar-refractivity contribution >= 4 is 22.9 Å². The number of oxazole rings is 1. The van der Waals surface area contributed by atoms with E-state index in [1.165, 1.54) is 0 Å². The second-order valence-electron chi connectivity index (χ2n) is 2.62. The molecule has 0 atom stereocenters. The molecule has 68 valence electrons. The Morgan fingerprint density at radius 3 is 3.08 bits per heavy atom. The number of hydrogen-bond acceptors (Lipinski definition) is 4. The number of rotatable bonds is 2. The summed E-state index contributed by atoms with van der Waals surface area (Å²) >= 11 is 1.65. The zero-order valence-corrected chi connectivity index (χ0v) is 8.10. The van der Waals surface area contributed by atoms with Crippen LogP contribution in [0.4, 0.5) is 0 Å². The number of thioether (sulfide) groups is 1. The van der Waals surface area contributed by atoms with Crippen LogP contribution >= 0.6 is 11.8 Å². The summed E-state index contributed by atoms with van der Waals surface area (Å²) in [6.45, 7) is 0.350. The van der Waals surface area contributed by atoms with E-state index in [1.54, 1.807) is 11.8 Å². The number of nitrogens with two attached hydrogens (primary N) is 1. The molecule has 2 rings (SSSR count). The molecule has 1 aromatic carbocycles. The van der Waals surface area contributed by atoms with Crippen molar-refractivity contribution in [2.24, 2.45) is 5.73 Å². The number of aromatic nitrogens is 1. The lowest BCUT2D eigenvalue weighted by atomic mass is 10.3. The third-order valence-electron chi connectivity index (χ3n) is 1.82. The molecule has 3 nitrogen and oxygen atoms in total. The van der Waals surface area contributed by atoms with Crippen LogP contribution in [-0.2, 0) is 6.54 Å². The van der Waals surface area contributed by atoms with Crippen molar-refractivity contribution in [1.29, 1.82) is 0 Å².